The topological polar surface area (TPSA) is 53.0 Å². The van der Waals surface area contributed by atoms with Crippen LogP contribution in [0.15, 0.2) is 92.6 Å². The van der Waals surface area contributed by atoms with E-state index in [1.54, 1.807) is 28.8 Å². The highest BCUT2D eigenvalue weighted by Gasteiger charge is 2.39. The van der Waals surface area contributed by atoms with Gasteiger partial charge in [-0.3, -0.25) is 14.5 Å². The number of hydrogen-bond acceptors (Lipinski definition) is 6. The second kappa shape index (κ2) is 9.93. The zero-order chi connectivity index (χ0) is 24.5. The highest BCUT2D eigenvalue weighted by Crippen LogP contribution is 2.50. The average Bonchev–Trinajstić information content (AvgIpc) is 3.34. The number of halogens is 1. The van der Waals surface area contributed by atoms with E-state index in [-0.39, 0.29) is 11.7 Å². The number of rotatable bonds is 5. The van der Waals surface area contributed by atoms with Crippen LogP contribution in [0.1, 0.15) is 22.8 Å². The van der Waals surface area contributed by atoms with Gasteiger partial charge in [0.1, 0.15) is 4.91 Å². The van der Waals surface area contributed by atoms with Gasteiger partial charge in [-0.1, -0.05) is 65.8 Å². The predicted octanol–water partition coefficient (Wildman–Crippen LogP) is 6.76. The van der Waals surface area contributed by atoms with Gasteiger partial charge >= 0.3 is 0 Å². The van der Waals surface area contributed by atoms with Gasteiger partial charge in [0, 0.05) is 29.1 Å². The number of Topliss-reactive ketones (excluding diaryl/α,β-unsaturated/α-hetero) is 1. The summed E-state index contributed by atoms with van der Waals surface area (Å²) in [7, 11) is 1.95. The Labute approximate surface area is 217 Å². The van der Waals surface area contributed by atoms with Gasteiger partial charge in [-0.2, -0.15) is 0 Å². The molecule has 2 aliphatic rings. The van der Waals surface area contributed by atoms with Gasteiger partial charge in [0.25, 0.3) is 5.91 Å². The summed E-state index contributed by atoms with van der Waals surface area (Å²) < 4.78 is 0. The monoisotopic (exact) mass is 519 g/mol. The number of carbonyl (C=O) groups excluding carboxylic acids is 2. The number of fused-ring (bicyclic) bond motifs is 1. The van der Waals surface area contributed by atoms with E-state index in [0.29, 0.717) is 39.3 Å². The molecule has 0 radical (unpaired) electrons. The van der Waals surface area contributed by atoms with E-state index in [1.807, 2.05) is 60.5 Å². The van der Waals surface area contributed by atoms with E-state index in [4.69, 9.17) is 16.6 Å². The number of aliphatic imine (C=N–C) groups is 1. The number of thioether (sulfide) groups is 2. The number of amides is 1. The lowest BCUT2D eigenvalue weighted by Gasteiger charge is -2.17. The number of carbonyl (C=O) groups is 2. The molecule has 1 amide bonds. The molecule has 2 aliphatic heterocycles. The van der Waals surface area contributed by atoms with Crippen molar-refractivity contribution >= 4 is 63.4 Å². The lowest BCUT2D eigenvalue weighted by atomic mass is 10.1. The first kappa shape index (κ1) is 23.7. The van der Waals surface area contributed by atoms with Crippen molar-refractivity contribution in [3.63, 3.8) is 0 Å². The van der Waals surface area contributed by atoms with Crippen molar-refractivity contribution < 1.29 is 9.59 Å². The van der Waals surface area contributed by atoms with E-state index in [0.717, 1.165) is 21.2 Å². The third-order valence-electron chi connectivity index (χ3n) is 5.80. The lowest BCUT2D eigenvalue weighted by Crippen LogP contribution is -2.31. The quantitative estimate of drug-likeness (QED) is 0.275. The molecule has 0 unspecified atom stereocenters. The molecule has 176 valence electrons. The van der Waals surface area contributed by atoms with Gasteiger partial charge in [0.15, 0.2) is 11.0 Å². The van der Waals surface area contributed by atoms with E-state index in [2.05, 4.69) is 12.1 Å². The highest BCUT2D eigenvalue weighted by atomic mass is 35.5. The standard InChI is InChI=1S/C27H22ClN3O2S2/c1-17(32)19-9-6-10-21(15-19)29-27-31(14-13-18-7-4-3-5-8-18)25(33)24(35-27)26-30(2)22-16-20(28)11-12-23(22)34-26/h3-12,15-16H,13-14H2,1-2H3. The Bertz CT molecular complexity index is 1390. The molecule has 0 bridgehead atoms. The third-order valence-corrected chi connectivity index (χ3v) is 8.46. The Morgan fingerprint density at radius 2 is 1.80 bits per heavy atom. The van der Waals surface area contributed by atoms with Crippen LogP contribution < -0.4 is 4.90 Å². The summed E-state index contributed by atoms with van der Waals surface area (Å²) in [6.45, 7) is 2.04. The fourth-order valence-electron chi connectivity index (χ4n) is 3.93. The molecule has 1 fully saturated rings. The van der Waals surface area contributed by atoms with Crippen molar-refractivity contribution in [3.8, 4) is 0 Å². The minimum Gasteiger partial charge on any atom is -0.337 e. The Hall–Kier alpha value is -3.00. The van der Waals surface area contributed by atoms with Crippen LogP contribution in [0.4, 0.5) is 11.4 Å². The molecular weight excluding hydrogens is 498 g/mol. The SMILES string of the molecule is CC(=O)c1cccc(N=C2SC(=C3Sc4ccc(Cl)cc4N3C)C(=O)N2CCc2ccccc2)c1. The largest absolute Gasteiger partial charge is 0.337 e. The predicted molar refractivity (Wildman–Crippen MR) is 146 cm³/mol. The van der Waals surface area contributed by atoms with Crippen LogP contribution in [0, 0.1) is 0 Å². The first-order chi connectivity index (χ1) is 16.9. The van der Waals surface area contributed by atoms with Crippen molar-refractivity contribution in [3.05, 3.63) is 98.9 Å². The highest BCUT2D eigenvalue weighted by molar-refractivity contribution is 8.19. The fraction of sp³-hybridized carbons (Fsp3) is 0.148. The summed E-state index contributed by atoms with van der Waals surface area (Å²) >= 11 is 9.16. The number of nitrogens with zero attached hydrogens (tertiary/aromatic N) is 3. The second-order valence-electron chi connectivity index (χ2n) is 8.20. The number of ketones is 1. The zero-order valence-corrected chi connectivity index (χ0v) is 21.6. The molecule has 8 heteroatoms. The summed E-state index contributed by atoms with van der Waals surface area (Å²) in [5.41, 5.74) is 3.37. The molecule has 0 N–H and O–H groups in total. The molecule has 5 nitrogen and oxygen atoms in total. The number of amidine groups is 1. The smallest absolute Gasteiger partial charge is 0.269 e. The van der Waals surface area contributed by atoms with Crippen LogP contribution in [0.2, 0.25) is 5.02 Å². The normalized spacial score (nSPS) is 18.5. The summed E-state index contributed by atoms with van der Waals surface area (Å²) in [5, 5.41) is 2.13. The number of hydrogen-bond donors (Lipinski definition) is 0. The molecular formula is C27H22ClN3O2S2. The molecule has 35 heavy (non-hydrogen) atoms. The zero-order valence-electron chi connectivity index (χ0n) is 19.2. The van der Waals surface area contributed by atoms with Crippen LogP contribution in [0.3, 0.4) is 0 Å². The molecule has 0 atom stereocenters. The van der Waals surface area contributed by atoms with Gasteiger partial charge in [0.2, 0.25) is 0 Å². The molecule has 2 heterocycles. The molecule has 5 rings (SSSR count). The Balaban J connectivity index is 1.51. The minimum absolute atomic E-state index is 0.0219. The van der Waals surface area contributed by atoms with Gasteiger partial charge in [-0.25, -0.2) is 4.99 Å². The maximum atomic E-state index is 13.7. The van der Waals surface area contributed by atoms with Crippen molar-refractivity contribution in [2.45, 2.75) is 18.2 Å². The summed E-state index contributed by atoms with van der Waals surface area (Å²) in [4.78, 5) is 35.8. The molecule has 0 aromatic heterocycles. The summed E-state index contributed by atoms with van der Waals surface area (Å²) in [6, 6.07) is 23.0. The van der Waals surface area contributed by atoms with Crippen LogP contribution in [-0.2, 0) is 11.2 Å². The van der Waals surface area contributed by atoms with Crippen molar-refractivity contribution in [1.29, 1.82) is 0 Å². The lowest BCUT2D eigenvalue weighted by molar-refractivity contribution is -0.122. The number of anilines is 1. The van der Waals surface area contributed by atoms with Gasteiger partial charge in [-0.05, 0) is 61.0 Å². The second-order valence-corrected chi connectivity index (χ2v) is 10.6. The average molecular weight is 520 g/mol. The first-order valence-electron chi connectivity index (χ1n) is 11.1. The van der Waals surface area contributed by atoms with E-state index in [9.17, 15) is 9.59 Å². The summed E-state index contributed by atoms with van der Waals surface area (Å²) in [6.07, 6.45) is 0.709. The van der Waals surface area contributed by atoms with E-state index in [1.165, 1.54) is 18.7 Å². The van der Waals surface area contributed by atoms with Crippen LogP contribution in [-0.4, -0.2) is 35.4 Å². The van der Waals surface area contributed by atoms with Crippen LogP contribution >= 0.6 is 35.1 Å². The van der Waals surface area contributed by atoms with Crippen LogP contribution in [0.5, 0.6) is 0 Å². The van der Waals surface area contributed by atoms with E-state index < -0.39 is 0 Å². The molecule has 1 saturated heterocycles. The fourth-order valence-corrected chi connectivity index (χ4v) is 6.44. The molecule has 3 aromatic rings. The maximum absolute atomic E-state index is 13.7. The van der Waals surface area contributed by atoms with Crippen LogP contribution in [0.25, 0.3) is 0 Å². The summed E-state index contributed by atoms with van der Waals surface area (Å²) in [5.74, 6) is -0.0907. The number of benzene rings is 3. The molecule has 0 aliphatic carbocycles. The molecule has 0 spiro atoms. The van der Waals surface area contributed by atoms with Crippen molar-refractivity contribution in [2.24, 2.45) is 4.99 Å². The van der Waals surface area contributed by atoms with Gasteiger partial charge in [-0.15, -0.1) is 0 Å². The van der Waals surface area contributed by atoms with Gasteiger partial charge < -0.3 is 4.90 Å². The third kappa shape index (κ3) is 4.89. The Morgan fingerprint density at radius 3 is 2.57 bits per heavy atom. The Kier molecular flexibility index (Phi) is 6.73. The molecule has 3 aromatic carbocycles. The molecule has 0 saturated carbocycles. The van der Waals surface area contributed by atoms with Gasteiger partial charge in [0.05, 0.1) is 16.4 Å². The van der Waals surface area contributed by atoms with E-state index >= 15 is 0 Å². The van der Waals surface area contributed by atoms with Crippen molar-refractivity contribution in [1.82, 2.24) is 4.90 Å². The van der Waals surface area contributed by atoms with Crippen molar-refractivity contribution in [2.75, 3.05) is 18.5 Å². The first-order valence-corrected chi connectivity index (χ1v) is 13.1. The Morgan fingerprint density at radius 1 is 1.00 bits per heavy atom. The minimum atomic E-state index is -0.0688. The maximum Gasteiger partial charge on any atom is 0.269 e.